The van der Waals surface area contributed by atoms with Gasteiger partial charge in [-0.25, -0.2) is 15.0 Å². The average Bonchev–Trinajstić information content (AvgIpc) is 3.64. The molecule has 0 amide bonds. The number of aliphatic hydroxyl groups excluding tert-OH is 2. The van der Waals surface area contributed by atoms with Gasteiger partial charge < -0.3 is 31.6 Å². The monoisotopic (exact) mass is 582 g/mol. The molecule has 2 aliphatic heterocycles. The molecule has 39 heavy (non-hydrogen) atoms. The Labute approximate surface area is 234 Å². The summed E-state index contributed by atoms with van der Waals surface area (Å²) in [4.78, 5) is 24.8. The van der Waals surface area contributed by atoms with E-state index >= 15 is 0 Å². The molecule has 6 atom stereocenters. The zero-order valence-corrected chi connectivity index (χ0v) is 23.3. The van der Waals surface area contributed by atoms with Gasteiger partial charge in [0.15, 0.2) is 17.1 Å². The minimum Gasteiger partial charge on any atom is -0.394 e. The van der Waals surface area contributed by atoms with Crippen LogP contribution in [0.2, 0.25) is 10.6 Å². The zero-order chi connectivity index (χ0) is 27.1. The summed E-state index contributed by atoms with van der Waals surface area (Å²) < 4.78 is 15.2. The normalized spacial score (nSPS) is 26.5. The highest BCUT2D eigenvalue weighted by Gasteiger charge is 2.35. The van der Waals surface area contributed by atoms with Gasteiger partial charge in [-0.2, -0.15) is 15.0 Å². The van der Waals surface area contributed by atoms with Gasteiger partial charge in [0.1, 0.15) is 29.6 Å². The highest BCUT2D eigenvalue weighted by Crippen LogP contribution is 2.36. The number of aryl methyl sites for hydroxylation is 1. The molecule has 4 aromatic heterocycles. The van der Waals surface area contributed by atoms with Gasteiger partial charge in [-0.3, -0.25) is 9.13 Å². The van der Waals surface area contributed by atoms with Crippen LogP contribution in [-0.4, -0.2) is 74.2 Å². The van der Waals surface area contributed by atoms with Crippen molar-refractivity contribution >= 4 is 51.3 Å². The Morgan fingerprint density at radius 3 is 2.10 bits per heavy atom. The Hall–Kier alpha value is -2.72. The molecular weight excluding hydrogens is 551 g/mol. The first kappa shape index (κ1) is 29.3. The van der Waals surface area contributed by atoms with Gasteiger partial charge >= 0.3 is 0 Å². The second kappa shape index (κ2) is 11.8. The van der Waals surface area contributed by atoms with E-state index in [2.05, 4.69) is 43.8 Å². The third-order valence-corrected chi connectivity index (χ3v) is 7.27. The number of aromatic nitrogens is 8. The summed E-state index contributed by atoms with van der Waals surface area (Å²) >= 11 is 11.7. The molecule has 16 heteroatoms. The van der Waals surface area contributed by atoms with Crippen LogP contribution in [-0.2, 0) is 9.47 Å². The highest BCUT2D eigenvalue weighted by atomic mass is 35.5. The molecule has 212 valence electrons. The second-order valence-corrected chi connectivity index (χ2v) is 10.1. The molecule has 6 heterocycles. The first-order valence-corrected chi connectivity index (χ1v) is 13.1. The fourth-order valence-electron chi connectivity index (χ4n) is 4.95. The van der Waals surface area contributed by atoms with E-state index in [0.29, 0.717) is 29.6 Å². The number of aliphatic hydroxyl groups is 2. The van der Waals surface area contributed by atoms with Crippen LogP contribution in [0, 0.1) is 12.8 Å². The molecule has 0 saturated carbocycles. The molecule has 2 aliphatic rings. The fourth-order valence-corrected chi connectivity index (χ4v) is 5.32. The van der Waals surface area contributed by atoms with Gasteiger partial charge in [0.05, 0.1) is 37.2 Å². The largest absolute Gasteiger partial charge is 0.394 e. The van der Waals surface area contributed by atoms with Crippen molar-refractivity contribution in [2.75, 3.05) is 12.3 Å². The van der Waals surface area contributed by atoms with Gasteiger partial charge in [-0.05, 0) is 48.9 Å². The lowest BCUT2D eigenvalue weighted by Gasteiger charge is -2.14. The van der Waals surface area contributed by atoms with Crippen molar-refractivity contribution in [2.45, 2.75) is 70.8 Å². The molecule has 6 rings (SSSR count). The second-order valence-electron chi connectivity index (χ2n) is 9.47. The van der Waals surface area contributed by atoms with Crippen molar-refractivity contribution in [1.82, 2.24) is 45.2 Å². The minimum absolute atomic E-state index is 0. The maximum atomic E-state index is 9.74. The lowest BCUT2D eigenvalue weighted by atomic mass is 10.0. The molecule has 0 bridgehead atoms. The van der Waals surface area contributed by atoms with E-state index in [-0.39, 0.29) is 35.4 Å². The molecular formula is C23H32Cl2N10O4. The number of nitrogens with zero attached hydrogens (tertiary/aromatic N) is 8. The average molecular weight is 583 g/mol. The van der Waals surface area contributed by atoms with Crippen LogP contribution < -0.4 is 11.9 Å². The van der Waals surface area contributed by atoms with Crippen LogP contribution in [0.4, 0.5) is 5.82 Å². The number of hydrogen-bond donors (Lipinski definition) is 4. The topological polar surface area (TPSA) is 207 Å². The van der Waals surface area contributed by atoms with Crippen LogP contribution in [0.3, 0.4) is 0 Å². The van der Waals surface area contributed by atoms with Crippen molar-refractivity contribution < 1.29 is 19.7 Å². The number of fused-ring (bicyclic) bond motifs is 2. The highest BCUT2D eigenvalue weighted by molar-refractivity contribution is 6.29. The molecule has 4 aromatic rings. The van der Waals surface area contributed by atoms with Crippen LogP contribution in [0.1, 0.15) is 51.3 Å². The Morgan fingerprint density at radius 1 is 0.949 bits per heavy atom. The van der Waals surface area contributed by atoms with E-state index in [1.54, 1.807) is 10.9 Å². The Kier molecular flexibility index (Phi) is 8.85. The van der Waals surface area contributed by atoms with Gasteiger partial charge in [0.25, 0.3) is 0 Å². The maximum absolute atomic E-state index is 9.74. The summed E-state index contributed by atoms with van der Waals surface area (Å²) in [5.41, 5.74) is 8.92. The van der Waals surface area contributed by atoms with Gasteiger partial charge in [0, 0.05) is 6.42 Å². The van der Waals surface area contributed by atoms with E-state index in [1.807, 2.05) is 11.5 Å². The summed E-state index contributed by atoms with van der Waals surface area (Å²) in [5, 5.41) is 19.1. The predicted octanol–water partition coefficient (Wildman–Crippen LogP) is 2.99. The van der Waals surface area contributed by atoms with E-state index in [9.17, 15) is 5.11 Å². The summed E-state index contributed by atoms with van der Waals surface area (Å²) in [6, 6.07) is 0. The fraction of sp³-hybridized carbons (Fsp3) is 0.565. The molecule has 14 nitrogen and oxygen atoms in total. The summed E-state index contributed by atoms with van der Waals surface area (Å²) in [6.07, 6.45) is 4.10. The van der Waals surface area contributed by atoms with Gasteiger partial charge in [-0.1, -0.05) is 13.8 Å². The Bertz CT molecular complexity index is 1340. The quantitative estimate of drug-likeness (QED) is 0.256. The van der Waals surface area contributed by atoms with Gasteiger partial charge in [0.2, 0.25) is 10.6 Å². The third kappa shape index (κ3) is 5.63. The number of nitrogen functional groups attached to an aromatic ring is 1. The molecule has 0 aromatic carbocycles. The molecule has 0 aliphatic carbocycles. The Balaban J connectivity index is 0.000000176. The van der Waals surface area contributed by atoms with Crippen LogP contribution >= 0.6 is 23.2 Å². The predicted molar refractivity (Wildman–Crippen MR) is 144 cm³/mol. The van der Waals surface area contributed by atoms with Crippen molar-refractivity contribution in [2.24, 2.45) is 5.92 Å². The standard InChI is InChI=1S/C13H17ClN4O.C10H12ClN5O3.H3N/c1-4-9-7(2)5-10(19-9)18-6-15-11-8(3)16-13(14)17-12(11)18;11-10-14-8(12)7-9(15-10)16(3-13-7)6-1-4(18)5(2-17)19-6;/h6-7,9-10H,4-5H2,1-3H3;3-6,17-18H,1-2H2,(H2,12,14,15);1H3/t7?,9-,10-;4?,5-,6-;/m11./s1. The van der Waals surface area contributed by atoms with E-state index < -0.39 is 18.4 Å². The molecule has 7 N–H and O–H groups in total. The molecule has 2 fully saturated rings. The number of ether oxygens (including phenoxy) is 2. The first-order valence-electron chi connectivity index (χ1n) is 12.3. The van der Waals surface area contributed by atoms with E-state index in [1.165, 1.54) is 6.33 Å². The maximum Gasteiger partial charge on any atom is 0.226 e. The number of nitrogens with two attached hydrogens (primary N) is 1. The molecule has 0 radical (unpaired) electrons. The number of halogens is 2. The summed E-state index contributed by atoms with van der Waals surface area (Å²) in [5.74, 6) is 0.733. The molecule has 2 saturated heterocycles. The number of hydrogen-bond acceptors (Lipinski definition) is 12. The lowest BCUT2D eigenvalue weighted by molar-refractivity contribution is -0.0432. The summed E-state index contributed by atoms with van der Waals surface area (Å²) in [6.45, 7) is 6.02. The van der Waals surface area contributed by atoms with E-state index in [0.717, 1.165) is 29.7 Å². The Morgan fingerprint density at radius 2 is 1.51 bits per heavy atom. The van der Waals surface area contributed by atoms with E-state index in [4.69, 9.17) is 43.5 Å². The molecule has 2 unspecified atom stereocenters. The van der Waals surface area contributed by atoms with Crippen LogP contribution in [0.5, 0.6) is 0 Å². The van der Waals surface area contributed by atoms with Crippen molar-refractivity contribution in [1.29, 1.82) is 0 Å². The van der Waals surface area contributed by atoms with Crippen LogP contribution in [0.25, 0.3) is 22.3 Å². The number of imidazole rings is 2. The minimum atomic E-state index is -0.734. The lowest BCUT2D eigenvalue weighted by Crippen LogP contribution is -2.24. The molecule has 0 spiro atoms. The van der Waals surface area contributed by atoms with Crippen molar-refractivity contribution in [3.8, 4) is 0 Å². The van der Waals surface area contributed by atoms with Crippen LogP contribution in [0.15, 0.2) is 12.7 Å². The summed E-state index contributed by atoms with van der Waals surface area (Å²) in [7, 11) is 0. The SMILES string of the molecule is CC[C@H]1O[C@@H](n2cnc3c(C)nc(Cl)nc32)CC1C.N.Nc1nc(Cl)nc2c1ncn2[C@H]1CC(O)[C@@H](CO)O1. The van der Waals surface area contributed by atoms with Gasteiger partial charge in [-0.15, -0.1) is 0 Å². The van der Waals surface area contributed by atoms with Crippen molar-refractivity contribution in [3.63, 3.8) is 0 Å². The zero-order valence-electron chi connectivity index (χ0n) is 21.8. The number of rotatable bonds is 4. The first-order chi connectivity index (χ1) is 18.2. The third-order valence-electron chi connectivity index (χ3n) is 6.94. The van der Waals surface area contributed by atoms with Crippen molar-refractivity contribution in [3.05, 3.63) is 28.9 Å². The number of anilines is 1. The smallest absolute Gasteiger partial charge is 0.226 e.